The smallest absolute Gasteiger partial charge is 0.241 e. The summed E-state index contributed by atoms with van der Waals surface area (Å²) in [6.45, 7) is 4.45. The highest BCUT2D eigenvalue weighted by Crippen LogP contribution is 2.51. The van der Waals surface area contributed by atoms with Gasteiger partial charge in [0, 0.05) is 42.6 Å². The van der Waals surface area contributed by atoms with Gasteiger partial charge in [0.1, 0.15) is 16.7 Å². The van der Waals surface area contributed by atoms with Gasteiger partial charge in [0.15, 0.2) is 5.11 Å². The van der Waals surface area contributed by atoms with Crippen LogP contribution < -0.4 is 4.90 Å². The summed E-state index contributed by atoms with van der Waals surface area (Å²) in [5.41, 5.74) is 3.31. The number of para-hydroxylation sites is 1. The third-order valence-corrected chi connectivity index (χ3v) is 8.23. The van der Waals surface area contributed by atoms with Crippen molar-refractivity contribution in [3.05, 3.63) is 70.7 Å². The molecule has 2 aliphatic heterocycles. The summed E-state index contributed by atoms with van der Waals surface area (Å²) in [5.74, 6) is -0.370. The van der Waals surface area contributed by atoms with Crippen LogP contribution in [-0.4, -0.2) is 45.8 Å². The zero-order chi connectivity index (χ0) is 23.5. The summed E-state index contributed by atoms with van der Waals surface area (Å²) >= 11 is 6.78. The summed E-state index contributed by atoms with van der Waals surface area (Å²) in [4.78, 5) is 36.2. The number of nitrogens with zero attached hydrogens (tertiary/aromatic N) is 4. The number of fused-ring (bicyclic) bond motifs is 2. The highest BCUT2D eigenvalue weighted by Gasteiger charge is 2.41. The summed E-state index contributed by atoms with van der Waals surface area (Å²) < 4.78 is 0. The van der Waals surface area contributed by atoms with E-state index in [1.54, 1.807) is 25.4 Å². The largest absolute Gasteiger partial charge is 0.291 e. The lowest BCUT2D eigenvalue weighted by Gasteiger charge is -2.40. The van der Waals surface area contributed by atoms with Crippen LogP contribution in [0.15, 0.2) is 54.7 Å². The monoisotopic (exact) mass is 476 g/mol. The molecular weight excluding hydrogens is 452 g/mol. The number of pyridine rings is 1. The lowest BCUT2D eigenvalue weighted by atomic mass is 9.75. The molecule has 0 spiro atoms. The van der Waals surface area contributed by atoms with Crippen molar-refractivity contribution in [2.45, 2.75) is 25.7 Å². The van der Waals surface area contributed by atoms with Crippen LogP contribution in [-0.2, 0) is 21.4 Å². The average Bonchev–Trinajstić information content (AvgIpc) is 3.28. The number of hydrogen-bond acceptors (Lipinski definition) is 6. The van der Waals surface area contributed by atoms with Gasteiger partial charge in [-0.2, -0.15) is 0 Å². The predicted molar refractivity (Wildman–Crippen MR) is 134 cm³/mol. The zero-order valence-electron chi connectivity index (χ0n) is 18.9. The Hall–Kier alpha value is -3.10. The Labute approximate surface area is 202 Å². The van der Waals surface area contributed by atoms with Crippen LogP contribution in [0.4, 0.5) is 16.5 Å². The first-order valence-electron chi connectivity index (χ1n) is 10.7. The third-order valence-electron chi connectivity index (χ3n) is 6.59. The number of anilines is 3. The summed E-state index contributed by atoms with van der Waals surface area (Å²) in [6, 6.07) is 16.5. The van der Waals surface area contributed by atoms with Crippen molar-refractivity contribution in [2.75, 3.05) is 19.0 Å². The van der Waals surface area contributed by atoms with Gasteiger partial charge in [-0.25, -0.2) is 4.98 Å². The lowest BCUT2D eigenvalue weighted by Crippen LogP contribution is -2.57. The van der Waals surface area contributed by atoms with Gasteiger partial charge in [-0.15, -0.1) is 11.3 Å². The second kappa shape index (κ2) is 7.74. The standard InChI is InChI=1S/C25H24N4O2S2/c1-25(2)17-8-5-6-10-19(17)29(21-18(25)9-7-13-26-21)20-12-11-15(33-20)14-16-22(30)27(3)24(32)28(4)23(16)31/h5-13,16H,14H2,1-4H3. The molecule has 2 amide bonds. The second-order valence-electron chi connectivity index (χ2n) is 8.93. The average molecular weight is 477 g/mol. The number of hydrogen-bond donors (Lipinski definition) is 0. The zero-order valence-corrected chi connectivity index (χ0v) is 20.5. The molecule has 0 atom stereocenters. The highest BCUT2D eigenvalue weighted by molar-refractivity contribution is 7.80. The quantitative estimate of drug-likeness (QED) is 0.408. The molecule has 0 unspecified atom stereocenters. The Kier molecular flexibility index (Phi) is 5.10. The molecule has 5 rings (SSSR count). The molecule has 2 aromatic heterocycles. The first-order valence-corrected chi connectivity index (χ1v) is 12.0. The maximum atomic E-state index is 12.8. The van der Waals surface area contributed by atoms with Crippen molar-refractivity contribution in [3.8, 4) is 0 Å². The molecule has 1 aromatic carbocycles. The number of thiophene rings is 1. The van der Waals surface area contributed by atoms with Gasteiger partial charge < -0.3 is 0 Å². The summed E-state index contributed by atoms with van der Waals surface area (Å²) in [7, 11) is 3.24. The van der Waals surface area contributed by atoms with Crippen molar-refractivity contribution in [3.63, 3.8) is 0 Å². The number of aromatic nitrogens is 1. The fourth-order valence-electron chi connectivity index (χ4n) is 4.70. The molecule has 33 heavy (non-hydrogen) atoms. The molecule has 2 aliphatic rings. The second-order valence-corrected chi connectivity index (χ2v) is 10.4. The molecule has 0 radical (unpaired) electrons. The minimum absolute atomic E-state index is 0.175. The Morgan fingerprint density at radius 1 is 0.970 bits per heavy atom. The van der Waals surface area contributed by atoms with E-state index in [-0.39, 0.29) is 22.3 Å². The number of carbonyl (C=O) groups excluding carboxylic acids is 2. The summed E-state index contributed by atoms with van der Waals surface area (Å²) in [5, 5.41) is 1.24. The van der Waals surface area contributed by atoms with E-state index in [9.17, 15) is 9.59 Å². The first kappa shape index (κ1) is 21.7. The maximum absolute atomic E-state index is 12.8. The first-order chi connectivity index (χ1) is 15.7. The number of amides is 2. The molecule has 3 aromatic rings. The topological polar surface area (TPSA) is 56.8 Å². The number of benzene rings is 1. The molecule has 168 valence electrons. The Balaban J connectivity index is 1.53. The predicted octanol–water partition coefficient (Wildman–Crippen LogP) is 4.63. The van der Waals surface area contributed by atoms with Crippen LogP contribution in [0.2, 0.25) is 0 Å². The van der Waals surface area contributed by atoms with Crippen molar-refractivity contribution < 1.29 is 9.59 Å². The molecule has 0 N–H and O–H groups in total. The fraction of sp³-hybridized carbons (Fsp3) is 0.280. The molecule has 0 aliphatic carbocycles. The molecule has 0 saturated carbocycles. The molecule has 4 heterocycles. The van der Waals surface area contributed by atoms with E-state index in [1.807, 2.05) is 30.5 Å². The van der Waals surface area contributed by atoms with E-state index in [4.69, 9.17) is 17.2 Å². The van der Waals surface area contributed by atoms with Crippen molar-refractivity contribution in [1.29, 1.82) is 0 Å². The third kappa shape index (κ3) is 3.28. The van der Waals surface area contributed by atoms with Crippen LogP contribution >= 0.6 is 23.6 Å². The van der Waals surface area contributed by atoms with E-state index in [0.29, 0.717) is 6.42 Å². The van der Waals surface area contributed by atoms with Gasteiger partial charge in [-0.1, -0.05) is 38.1 Å². The van der Waals surface area contributed by atoms with Gasteiger partial charge in [0.05, 0.1) is 5.69 Å². The summed E-state index contributed by atoms with van der Waals surface area (Å²) in [6.07, 6.45) is 2.16. The van der Waals surface area contributed by atoms with Gasteiger partial charge >= 0.3 is 0 Å². The normalized spacial score (nSPS) is 17.9. The van der Waals surface area contributed by atoms with E-state index < -0.39 is 5.92 Å². The molecule has 6 nitrogen and oxygen atoms in total. The van der Waals surface area contributed by atoms with Gasteiger partial charge in [0.2, 0.25) is 11.8 Å². The van der Waals surface area contributed by atoms with Gasteiger partial charge in [-0.3, -0.25) is 24.3 Å². The van der Waals surface area contributed by atoms with Gasteiger partial charge in [-0.05, 0) is 42.0 Å². The van der Waals surface area contributed by atoms with Crippen LogP contribution in [0, 0.1) is 5.92 Å². The number of carbonyl (C=O) groups is 2. The van der Waals surface area contributed by atoms with E-state index in [2.05, 4.69) is 43.0 Å². The molecule has 0 bridgehead atoms. The fourth-order valence-corrected chi connectivity index (χ4v) is 5.95. The molecule has 8 heteroatoms. The lowest BCUT2D eigenvalue weighted by molar-refractivity contribution is -0.145. The molecule has 1 fully saturated rings. The Morgan fingerprint density at radius 3 is 2.36 bits per heavy atom. The Bertz CT molecular complexity index is 1230. The van der Waals surface area contributed by atoms with Crippen LogP contribution in [0.25, 0.3) is 0 Å². The van der Waals surface area contributed by atoms with Crippen molar-refractivity contribution in [1.82, 2.24) is 14.8 Å². The van der Waals surface area contributed by atoms with Gasteiger partial charge in [0.25, 0.3) is 0 Å². The number of rotatable bonds is 3. The van der Waals surface area contributed by atoms with E-state index >= 15 is 0 Å². The van der Waals surface area contributed by atoms with Crippen molar-refractivity contribution >= 4 is 57.0 Å². The van der Waals surface area contributed by atoms with E-state index in [1.165, 1.54) is 15.4 Å². The van der Waals surface area contributed by atoms with Crippen LogP contribution in [0.1, 0.15) is 29.9 Å². The van der Waals surface area contributed by atoms with Crippen molar-refractivity contribution in [2.24, 2.45) is 5.92 Å². The maximum Gasteiger partial charge on any atom is 0.241 e. The Morgan fingerprint density at radius 2 is 1.64 bits per heavy atom. The minimum Gasteiger partial charge on any atom is -0.291 e. The molecule has 1 saturated heterocycles. The van der Waals surface area contributed by atoms with Crippen LogP contribution in [0.5, 0.6) is 0 Å². The minimum atomic E-state index is -0.767. The highest BCUT2D eigenvalue weighted by atomic mass is 32.1. The van der Waals surface area contributed by atoms with E-state index in [0.717, 1.165) is 26.9 Å². The molecular formula is C25H24N4O2S2. The van der Waals surface area contributed by atoms with Crippen LogP contribution in [0.3, 0.4) is 0 Å². The SMILES string of the molecule is CN1C(=O)C(Cc2ccc(N3c4ccccc4C(C)(C)c4cccnc43)s2)C(=O)N(C)C1=S. The number of thiocarbonyl (C=S) groups is 1.